The second-order valence-corrected chi connectivity index (χ2v) is 5.99. The van der Waals surface area contributed by atoms with Crippen LogP contribution in [0.15, 0.2) is 24.3 Å². The number of methoxy groups -OCH3 is 1. The highest BCUT2D eigenvalue weighted by Crippen LogP contribution is 2.20. The van der Waals surface area contributed by atoms with E-state index < -0.39 is 6.10 Å². The van der Waals surface area contributed by atoms with Crippen LogP contribution in [-0.2, 0) is 11.2 Å². The van der Waals surface area contributed by atoms with Crippen molar-refractivity contribution in [3.05, 3.63) is 46.8 Å². The van der Waals surface area contributed by atoms with Crippen LogP contribution >= 0.6 is 0 Å². The van der Waals surface area contributed by atoms with Crippen molar-refractivity contribution < 1.29 is 14.6 Å². The van der Waals surface area contributed by atoms with Crippen molar-refractivity contribution in [3.63, 3.8) is 0 Å². The molecule has 0 aliphatic rings. The van der Waals surface area contributed by atoms with Gasteiger partial charge in [0.1, 0.15) is 5.75 Å². The molecule has 6 nitrogen and oxygen atoms in total. The van der Waals surface area contributed by atoms with E-state index in [0.717, 1.165) is 28.3 Å². The van der Waals surface area contributed by atoms with Crippen LogP contribution in [0, 0.1) is 13.8 Å². The highest BCUT2D eigenvalue weighted by atomic mass is 16.5. The number of carbonyl (C=O) groups is 1. The van der Waals surface area contributed by atoms with Gasteiger partial charge in [0.15, 0.2) is 0 Å². The molecule has 1 aromatic heterocycles. The molecule has 1 aromatic carbocycles. The summed E-state index contributed by atoms with van der Waals surface area (Å²) in [5, 5.41) is 20.3. The number of nitrogens with zero attached hydrogens (tertiary/aromatic N) is 1. The van der Waals surface area contributed by atoms with Crippen LogP contribution in [0.25, 0.3) is 0 Å². The summed E-state index contributed by atoms with van der Waals surface area (Å²) in [4.78, 5) is 12.1. The van der Waals surface area contributed by atoms with Gasteiger partial charge in [0, 0.05) is 12.1 Å². The largest absolute Gasteiger partial charge is 0.497 e. The van der Waals surface area contributed by atoms with Crippen LogP contribution < -0.4 is 10.1 Å². The lowest BCUT2D eigenvalue weighted by molar-refractivity contribution is -0.122. The van der Waals surface area contributed by atoms with Crippen LogP contribution in [0.3, 0.4) is 0 Å². The molecule has 0 spiro atoms. The first-order chi connectivity index (χ1) is 11.4. The van der Waals surface area contributed by atoms with Gasteiger partial charge in [0.2, 0.25) is 5.91 Å². The number of benzene rings is 1. The summed E-state index contributed by atoms with van der Waals surface area (Å²) in [5.74, 6) is 0.642. The number of aromatic amines is 1. The maximum Gasteiger partial charge on any atom is 0.220 e. The Kier molecular flexibility index (Phi) is 5.98. The van der Waals surface area contributed by atoms with Gasteiger partial charge in [-0.15, -0.1) is 0 Å². The first-order valence-electron chi connectivity index (χ1n) is 8.04. The summed E-state index contributed by atoms with van der Waals surface area (Å²) in [7, 11) is 1.59. The molecule has 0 saturated carbocycles. The lowest BCUT2D eigenvalue weighted by Gasteiger charge is -2.21. The molecule has 130 valence electrons. The number of ether oxygens (including phenoxy) is 1. The van der Waals surface area contributed by atoms with E-state index in [1.54, 1.807) is 38.3 Å². The van der Waals surface area contributed by atoms with Crippen molar-refractivity contribution in [2.24, 2.45) is 0 Å². The quantitative estimate of drug-likeness (QED) is 0.726. The third-order valence-corrected chi connectivity index (χ3v) is 4.20. The highest BCUT2D eigenvalue weighted by molar-refractivity contribution is 5.76. The van der Waals surface area contributed by atoms with Gasteiger partial charge in [-0.05, 0) is 50.5 Å². The SMILES string of the molecule is COc1ccc(C(O)C(C)NC(=O)CCc2c(C)n[nH]c2C)cc1. The molecule has 0 fully saturated rings. The Labute approximate surface area is 142 Å². The Morgan fingerprint density at radius 1 is 1.33 bits per heavy atom. The third-order valence-electron chi connectivity index (χ3n) is 4.20. The Hall–Kier alpha value is -2.34. The average molecular weight is 331 g/mol. The van der Waals surface area contributed by atoms with Gasteiger partial charge in [0.25, 0.3) is 0 Å². The molecule has 0 saturated heterocycles. The molecule has 6 heteroatoms. The fraction of sp³-hybridized carbons (Fsp3) is 0.444. The average Bonchev–Trinajstić information content (AvgIpc) is 2.90. The van der Waals surface area contributed by atoms with Crippen LogP contribution in [0.1, 0.15) is 42.0 Å². The van der Waals surface area contributed by atoms with Crippen LogP contribution in [0.2, 0.25) is 0 Å². The number of hydrogen-bond acceptors (Lipinski definition) is 4. The highest BCUT2D eigenvalue weighted by Gasteiger charge is 2.19. The summed E-state index contributed by atoms with van der Waals surface area (Å²) in [5.41, 5.74) is 3.73. The molecule has 0 aliphatic heterocycles. The first kappa shape index (κ1) is 18.0. The molecule has 0 bridgehead atoms. The van der Waals surface area contributed by atoms with Crippen molar-refractivity contribution in [1.29, 1.82) is 0 Å². The van der Waals surface area contributed by atoms with E-state index in [1.807, 2.05) is 13.8 Å². The van der Waals surface area contributed by atoms with E-state index in [9.17, 15) is 9.90 Å². The summed E-state index contributed by atoms with van der Waals surface area (Å²) in [6.45, 7) is 5.66. The molecule has 0 aliphatic carbocycles. The van der Waals surface area contributed by atoms with Gasteiger partial charge in [-0.25, -0.2) is 0 Å². The summed E-state index contributed by atoms with van der Waals surface area (Å²) in [6, 6.07) is 6.79. The predicted molar refractivity (Wildman–Crippen MR) is 91.9 cm³/mol. The van der Waals surface area contributed by atoms with E-state index in [-0.39, 0.29) is 11.9 Å². The number of rotatable bonds is 7. The molecule has 24 heavy (non-hydrogen) atoms. The minimum atomic E-state index is -0.766. The fourth-order valence-electron chi connectivity index (χ4n) is 2.68. The minimum Gasteiger partial charge on any atom is -0.497 e. The maximum absolute atomic E-state index is 12.1. The van der Waals surface area contributed by atoms with E-state index in [4.69, 9.17) is 4.74 Å². The zero-order valence-corrected chi connectivity index (χ0v) is 14.6. The Morgan fingerprint density at radius 3 is 2.54 bits per heavy atom. The number of aromatic nitrogens is 2. The fourth-order valence-corrected chi connectivity index (χ4v) is 2.68. The monoisotopic (exact) mass is 331 g/mol. The number of hydrogen-bond donors (Lipinski definition) is 3. The molecule has 2 unspecified atom stereocenters. The maximum atomic E-state index is 12.1. The number of carbonyl (C=O) groups excluding carboxylic acids is 1. The smallest absolute Gasteiger partial charge is 0.220 e. The summed E-state index contributed by atoms with van der Waals surface area (Å²) < 4.78 is 5.10. The van der Waals surface area contributed by atoms with E-state index in [2.05, 4.69) is 15.5 Å². The number of H-pyrrole nitrogens is 1. The third kappa shape index (κ3) is 4.35. The molecule has 2 aromatic rings. The normalized spacial score (nSPS) is 13.4. The molecule has 1 amide bonds. The molecule has 3 N–H and O–H groups in total. The van der Waals surface area contributed by atoms with Crippen LogP contribution in [0.4, 0.5) is 0 Å². The van der Waals surface area contributed by atoms with Crippen molar-refractivity contribution >= 4 is 5.91 Å². The predicted octanol–water partition coefficient (Wildman–Crippen LogP) is 2.21. The van der Waals surface area contributed by atoms with E-state index >= 15 is 0 Å². The van der Waals surface area contributed by atoms with Gasteiger partial charge in [-0.1, -0.05) is 12.1 Å². The molecular formula is C18H25N3O3. The van der Waals surface area contributed by atoms with Crippen LogP contribution in [-0.4, -0.2) is 34.4 Å². The van der Waals surface area contributed by atoms with E-state index in [0.29, 0.717) is 12.8 Å². The number of aryl methyl sites for hydroxylation is 2. The second kappa shape index (κ2) is 7.97. The summed E-state index contributed by atoms with van der Waals surface area (Å²) >= 11 is 0. The van der Waals surface area contributed by atoms with Crippen molar-refractivity contribution in [2.45, 2.75) is 45.8 Å². The molecule has 2 atom stereocenters. The van der Waals surface area contributed by atoms with Gasteiger partial charge < -0.3 is 15.2 Å². The van der Waals surface area contributed by atoms with Crippen molar-refractivity contribution in [2.75, 3.05) is 7.11 Å². The molecule has 2 rings (SSSR count). The molecular weight excluding hydrogens is 306 g/mol. The number of aliphatic hydroxyl groups is 1. The van der Waals surface area contributed by atoms with Crippen LogP contribution in [0.5, 0.6) is 5.75 Å². The van der Waals surface area contributed by atoms with Gasteiger partial charge in [-0.3, -0.25) is 9.89 Å². The second-order valence-electron chi connectivity index (χ2n) is 5.99. The molecule has 1 heterocycles. The lowest BCUT2D eigenvalue weighted by Crippen LogP contribution is -2.37. The topological polar surface area (TPSA) is 87.2 Å². The van der Waals surface area contributed by atoms with Gasteiger partial charge in [0.05, 0.1) is 24.9 Å². The number of aliphatic hydroxyl groups excluding tert-OH is 1. The Morgan fingerprint density at radius 2 is 2.00 bits per heavy atom. The Balaban J connectivity index is 1.88. The Bertz CT molecular complexity index is 660. The van der Waals surface area contributed by atoms with Gasteiger partial charge >= 0.3 is 0 Å². The van der Waals surface area contributed by atoms with Crippen molar-refractivity contribution in [1.82, 2.24) is 15.5 Å². The van der Waals surface area contributed by atoms with E-state index in [1.165, 1.54) is 0 Å². The number of nitrogens with one attached hydrogen (secondary N) is 2. The standard InChI is InChI=1S/C18H25N3O3/c1-11-16(12(2)21-20-11)9-10-17(22)19-13(3)18(23)14-5-7-15(24-4)8-6-14/h5-8,13,18,23H,9-10H2,1-4H3,(H,19,22)(H,20,21). The zero-order valence-electron chi connectivity index (χ0n) is 14.6. The first-order valence-corrected chi connectivity index (χ1v) is 8.04. The van der Waals surface area contributed by atoms with Crippen molar-refractivity contribution in [3.8, 4) is 5.75 Å². The summed E-state index contributed by atoms with van der Waals surface area (Å²) in [6.07, 6.45) is 0.226. The number of amides is 1. The zero-order chi connectivity index (χ0) is 17.7. The van der Waals surface area contributed by atoms with Gasteiger partial charge in [-0.2, -0.15) is 5.10 Å². The molecule has 0 radical (unpaired) electrons. The minimum absolute atomic E-state index is 0.0879. The lowest BCUT2D eigenvalue weighted by atomic mass is 10.0.